The van der Waals surface area contributed by atoms with Crippen molar-refractivity contribution in [1.29, 1.82) is 0 Å². The zero-order valence-corrected chi connectivity index (χ0v) is 20.8. The van der Waals surface area contributed by atoms with Gasteiger partial charge in [-0.15, -0.1) is 0 Å². The number of nitrogens with one attached hydrogen (secondary N) is 2. The van der Waals surface area contributed by atoms with Gasteiger partial charge in [0.25, 0.3) is 5.91 Å². The number of nitrogens with zero attached hydrogens (tertiary/aromatic N) is 4. The van der Waals surface area contributed by atoms with Crippen LogP contribution in [0, 0.1) is 17.3 Å². The number of aromatic nitrogens is 2. The first-order valence-corrected chi connectivity index (χ1v) is 13.0. The highest BCUT2D eigenvalue weighted by Crippen LogP contribution is 2.54. The van der Waals surface area contributed by atoms with E-state index < -0.39 is 5.54 Å². The van der Waals surface area contributed by atoms with E-state index in [0.717, 1.165) is 56.7 Å². The van der Waals surface area contributed by atoms with Crippen molar-refractivity contribution in [2.75, 3.05) is 53.2 Å². The van der Waals surface area contributed by atoms with Gasteiger partial charge in [0, 0.05) is 26.2 Å². The van der Waals surface area contributed by atoms with Crippen molar-refractivity contribution in [3.05, 3.63) is 35.9 Å². The normalized spacial score (nSPS) is 24.3. The molecule has 0 bridgehead atoms. The SMILES string of the molecule is CC(C)(CO)Nc1ccc(C(=O)Nc2cccc(N3CC4CC4C3)n2)c(N2CCC3(CC2)CC3)n1. The van der Waals surface area contributed by atoms with Crippen LogP contribution in [0.5, 0.6) is 0 Å². The molecule has 3 N–H and O–H groups in total. The van der Waals surface area contributed by atoms with Crippen LogP contribution >= 0.6 is 0 Å². The Morgan fingerprint density at radius 1 is 1.03 bits per heavy atom. The van der Waals surface area contributed by atoms with Gasteiger partial charge in [0.05, 0.1) is 17.7 Å². The third kappa shape index (κ3) is 4.68. The molecule has 1 amide bonds. The molecule has 2 aliphatic carbocycles. The van der Waals surface area contributed by atoms with Crippen molar-refractivity contribution in [3.63, 3.8) is 0 Å². The van der Waals surface area contributed by atoms with Gasteiger partial charge in [-0.05, 0) is 87.5 Å². The fourth-order valence-electron chi connectivity index (χ4n) is 5.63. The smallest absolute Gasteiger partial charge is 0.260 e. The summed E-state index contributed by atoms with van der Waals surface area (Å²) in [4.78, 5) is 27.7. The molecule has 35 heavy (non-hydrogen) atoms. The molecule has 1 spiro atoms. The van der Waals surface area contributed by atoms with E-state index in [0.29, 0.717) is 28.4 Å². The third-order valence-corrected chi connectivity index (χ3v) is 8.34. The number of hydrogen-bond acceptors (Lipinski definition) is 7. The average molecular weight is 477 g/mol. The summed E-state index contributed by atoms with van der Waals surface area (Å²) >= 11 is 0. The van der Waals surface area contributed by atoms with Crippen LogP contribution in [-0.2, 0) is 0 Å². The fourth-order valence-corrected chi connectivity index (χ4v) is 5.63. The number of carbonyl (C=O) groups excluding carboxylic acids is 1. The van der Waals surface area contributed by atoms with E-state index in [2.05, 4.69) is 20.4 Å². The average Bonchev–Trinajstić information content (AvgIpc) is 3.76. The third-order valence-electron chi connectivity index (χ3n) is 8.34. The van der Waals surface area contributed by atoms with Crippen molar-refractivity contribution in [2.24, 2.45) is 17.3 Å². The number of amides is 1. The van der Waals surface area contributed by atoms with Crippen LogP contribution in [0.1, 0.15) is 56.3 Å². The lowest BCUT2D eigenvalue weighted by molar-refractivity contribution is 0.102. The Morgan fingerprint density at radius 3 is 2.46 bits per heavy atom. The van der Waals surface area contributed by atoms with Crippen molar-refractivity contribution in [1.82, 2.24) is 9.97 Å². The van der Waals surface area contributed by atoms with Gasteiger partial charge in [-0.3, -0.25) is 4.79 Å². The van der Waals surface area contributed by atoms with Gasteiger partial charge >= 0.3 is 0 Å². The Kier molecular flexibility index (Phi) is 5.40. The summed E-state index contributed by atoms with van der Waals surface area (Å²) in [5.74, 6) is 4.32. The van der Waals surface area contributed by atoms with Crippen LogP contribution in [0.3, 0.4) is 0 Å². The molecule has 2 unspecified atom stereocenters. The summed E-state index contributed by atoms with van der Waals surface area (Å²) in [5, 5.41) is 16.0. The second-order valence-electron chi connectivity index (χ2n) is 11.7. The summed E-state index contributed by atoms with van der Waals surface area (Å²) in [7, 11) is 0. The molecule has 4 fully saturated rings. The minimum atomic E-state index is -0.505. The van der Waals surface area contributed by atoms with E-state index in [1.165, 1.54) is 19.3 Å². The van der Waals surface area contributed by atoms with Gasteiger partial charge in [-0.25, -0.2) is 9.97 Å². The highest BCUT2D eigenvalue weighted by molar-refractivity contribution is 6.07. The number of rotatable bonds is 7. The number of carbonyl (C=O) groups is 1. The molecule has 8 nitrogen and oxygen atoms in total. The highest BCUT2D eigenvalue weighted by Gasteiger charge is 2.46. The number of aliphatic hydroxyl groups is 1. The molecule has 2 aromatic rings. The van der Waals surface area contributed by atoms with Gasteiger partial charge in [-0.1, -0.05) is 6.07 Å². The molecule has 2 saturated carbocycles. The number of aliphatic hydroxyl groups excluding tert-OH is 1. The predicted octanol–water partition coefficient (Wildman–Crippen LogP) is 3.75. The van der Waals surface area contributed by atoms with E-state index in [9.17, 15) is 9.90 Å². The molecule has 2 saturated heterocycles. The zero-order chi connectivity index (χ0) is 24.2. The van der Waals surface area contributed by atoms with Gasteiger partial charge in [0.1, 0.15) is 23.3 Å². The van der Waals surface area contributed by atoms with Crippen molar-refractivity contribution in [2.45, 2.75) is 51.5 Å². The van der Waals surface area contributed by atoms with E-state index in [4.69, 9.17) is 9.97 Å². The van der Waals surface area contributed by atoms with Crippen LogP contribution in [-0.4, -0.2) is 59.3 Å². The summed E-state index contributed by atoms with van der Waals surface area (Å²) < 4.78 is 0. The quantitative estimate of drug-likeness (QED) is 0.560. The Hall–Kier alpha value is -2.87. The van der Waals surface area contributed by atoms with E-state index in [-0.39, 0.29) is 12.5 Å². The van der Waals surface area contributed by atoms with E-state index >= 15 is 0 Å². The molecule has 4 aliphatic rings. The lowest BCUT2D eigenvalue weighted by atomic mass is 9.93. The first kappa shape index (κ1) is 22.6. The largest absolute Gasteiger partial charge is 0.394 e. The molecule has 2 aromatic heterocycles. The molecular weight excluding hydrogens is 440 g/mol. The number of pyridine rings is 2. The van der Waals surface area contributed by atoms with E-state index in [1.807, 2.05) is 44.2 Å². The predicted molar refractivity (Wildman–Crippen MR) is 138 cm³/mol. The van der Waals surface area contributed by atoms with Crippen molar-refractivity contribution in [3.8, 4) is 0 Å². The number of anilines is 4. The maximum Gasteiger partial charge on any atom is 0.260 e. The van der Waals surface area contributed by atoms with Crippen molar-refractivity contribution < 1.29 is 9.90 Å². The summed E-state index contributed by atoms with van der Waals surface area (Å²) in [6.07, 6.45) is 6.30. The van der Waals surface area contributed by atoms with Crippen LogP contribution < -0.4 is 20.4 Å². The number of piperidine rings is 2. The second kappa shape index (κ2) is 8.36. The number of fused-ring (bicyclic) bond motifs is 1. The molecule has 2 atom stereocenters. The van der Waals surface area contributed by atoms with Gasteiger partial charge < -0.3 is 25.5 Å². The molecule has 4 heterocycles. The van der Waals surface area contributed by atoms with Crippen molar-refractivity contribution >= 4 is 29.2 Å². The molecule has 0 aromatic carbocycles. The summed E-state index contributed by atoms with van der Waals surface area (Å²) in [6, 6.07) is 9.50. The molecular formula is C27H36N6O2. The van der Waals surface area contributed by atoms with Crippen LogP contribution in [0.15, 0.2) is 30.3 Å². The van der Waals surface area contributed by atoms with Gasteiger partial charge in [0.15, 0.2) is 0 Å². The molecule has 6 rings (SSSR count). The number of hydrogen-bond donors (Lipinski definition) is 3. The lowest BCUT2D eigenvalue weighted by Crippen LogP contribution is -2.38. The zero-order valence-electron chi connectivity index (χ0n) is 20.8. The molecule has 8 heteroatoms. The van der Waals surface area contributed by atoms with Gasteiger partial charge in [-0.2, -0.15) is 0 Å². The minimum Gasteiger partial charge on any atom is -0.394 e. The Morgan fingerprint density at radius 2 is 1.77 bits per heavy atom. The first-order valence-electron chi connectivity index (χ1n) is 13.0. The van der Waals surface area contributed by atoms with Crippen LogP contribution in [0.2, 0.25) is 0 Å². The fraction of sp³-hybridized carbons (Fsp3) is 0.593. The van der Waals surface area contributed by atoms with Gasteiger partial charge in [0.2, 0.25) is 0 Å². The Labute approximate surface area is 207 Å². The topological polar surface area (TPSA) is 93.6 Å². The maximum absolute atomic E-state index is 13.5. The lowest BCUT2D eigenvalue weighted by Gasteiger charge is -2.34. The molecule has 2 aliphatic heterocycles. The van der Waals surface area contributed by atoms with Crippen LogP contribution in [0.4, 0.5) is 23.3 Å². The second-order valence-corrected chi connectivity index (χ2v) is 11.7. The minimum absolute atomic E-state index is 0.0149. The first-order chi connectivity index (χ1) is 16.8. The standard InChI is InChI=1S/C27H36N6O2/c1-26(2,17-34)31-22-7-6-20(24(29-22)32-12-10-27(8-9-27)11-13-32)25(35)30-21-4-3-5-23(28-21)33-15-18-14-19(18)16-33/h3-7,18-19,34H,8-17H2,1-2H3,(H,29,31)(H,28,30,35). The van der Waals surface area contributed by atoms with Crippen LogP contribution in [0.25, 0.3) is 0 Å². The highest BCUT2D eigenvalue weighted by atomic mass is 16.3. The molecule has 0 radical (unpaired) electrons. The monoisotopic (exact) mass is 476 g/mol. The summed E-state index contributed by atoms with van der Waals surface area (Å²) in [5.41, 5.74) is 0.585. The maximum atomic E-state index is 13.5. The Balaban J connectivity index is 1.23. The summed E-state index contributed by atoms with van der Waals surface area (Å²) in [6.45, 7) is 7.79. The van der Waals surface area contributed by atoms with E-state index in [1.54, 1.807) is 0 Å². The Bertz CT molecular complexity index is 1110. The molecule has 186 valence electrons.